The Balaban J connectivity index is 1.64. The van der Waals surface area contributed by atoms with E-state index in [4.69, 9.17) is 0 Å². The summed E-state index contributed by atoms with van der Waals surface area (Å²) in [6, 6.07) is 2.39. The molecule has 2 N–H and O–H groups in total. The van der Waals surface area contributed by atoms with Crippen LogP contribution in [-0.4, -0.2) is 35.8 Å². The van der Waals surface area contributed by atoms with E-state index < -0.39 is 0 Å². The van der Waals surface area contributed by atoms with E-state index in [1.165, 1.54) is 17.6 Å². The second-order valence-corrected chi connectivity index (χ2v) is 5.21. The molecule has 3 heterocycles. The minimum atomic E-state index is 0.384. The van der Waals surface area contributed by atoms with E-state index in [1.54, 1.807) is 4.52 Å². The number of nitrogens with one attached hydrogen (secondary N) is 2. The normalized spacial score (nSPS) is 18.1. The minimum Gasteiger partial charge on any atom is -0.367 e. The molecule has 0 amide bonds. The molecule has 0 saturated carbocycles. The van der Waals surface area contributed by atoms with Crippen molar-refractivity contribution < 1.29 is 0 Å². The van der Waals surface area contributed by atoms with Crippen LogP contribution < -0.4 is 5.32 Å². The first-order valence-corrected chi connectivity index (χ1v) is 6.74. The third kappa shape index (κ3) is 1.82. The maximum atomic E-state index is 4.35. The Hall–Kier alpha value is -2.44. The Bertz CT molecular complexity index is 757. The Morgan fingerprint density at radius 2 is 2.40 bits per heavy atom. The van der Waals surface area contributed by atoms with Gasteiger partial charge in [-0.15, -0.1) is 0 Å². The molecule has 0 radical (unpaired) electrons. The van der Waals surface area contributed by atoms with Gasteiger partial charge in [-0.3, -0.25) is 5.10 Å². The molecule has 0 aliphatic heterocycles. The van der Waals surface area contributed by atoms with Gasteiger partial charge < -0.3 is 5.32 Å². The SMILES string of the molecule is Cc1cc(NC2CCc3[nH]ncc3C2)n2ncnc2n1. The summed E-state index contributed by atoms with van der Waals surface area (Å²) < 4.78 is 1.75. The van der Waals surface area contributed by atoms with Gasteiger partial charge >= 0.3 is 0 Å². The predicted molar refractivity (Wildman–Crippen MR) is 73.5 cm³/mol. The fourth-order valence-electron chi connectivity index (χ4n) is 2.78. The summed E-state index contributed by atoms with van der Waals surface area (Å²) >= 11 is 0. The van der Waals surface area contributed by atoms with Gasteiger partial charge in [0.25, 0.3) is 5.78 Å². The van der Waals surface area contributed by atoms with Crippen molar-refractivity contribution in [3.05, 3.63) is 35.5 Å². The number of aromatic nitrogens is 6. The number of fused-ring (bicyclic) bond motifs is 2. The van der Waals surface area contributed by atoms with E-state index in [9.17, 15) is 0 Å². The van der Waals surface area contributed by atoms with Crippen molar-refractivity contribution in [1.82, 2.24) is 29.8 Å². The summed E-state index contributed by atoms with van der Waals surface area (Å²) in [7, 11) is 0. The molecule has 1 unspecified atom stereocenters. The van der Waals surface area contributed by atoms with Crippen LogP contribution in [0.1, 0.15) is 23.4 Å². The molecule has 4 rings (SSSR count). The van der Waals surface area contributed by atoms with Crippen LogP contribution in [0.5, 0.6) is 0 Å². The highest BCUT2D eigenvalue weighted by Crippen LogP contribution is 2.22. The van der Waals surface area contributed by atoms with Crippen LogP contribution in [0.3, 0.4) is 0 Å². The average Bonchev–Trinajstić information content (AvgIpc) is 3.05. The first kappa shape index (κ1) is 11.4. The van der Waals surface area contributed by atoms with E-state index >= 15 is 0 Å². The standard InChI is InChI=1S/C13H15N7/c1-8-4-12(20-13(17-8)14-7-16-20)18-10-2-3-11-9(5-10)6-15-19-11/h4,6-7,10,18H,2-3,5H2,1H3,(H,15,19). The molecule has 3 aromatic rings. The highest BCUT2D eigenvalue weighted by Gasteiger charge is 2.21. The Labute approximate surface area is 115 Å². The quantitative estimate of drug-likeness (QED) is 0.728. The fraction of sp³-hybridized carbons (Fsp3) is 0.385. The molecule has 20 heavy (non-hydrogen) atoms. The Morgan fingerprint density at radius 3 is 3.35 bits per heavy atom. The molecule has 102 valence electrons. The van der Waals surface area contributed by atoms with Crippen molar-refractivity contribution >= 4 is 11.6 Å². The van der Waals surface area contributed by atoms with Crippen molar-refractivity contribution in [1.29, 1.82) is 0 Å². The summed E-state index contributed by atoms with van der Waals surface area (Å²) in [4.78, 5) is 8.50. The second-order valence-electron chi connectivity index (χ2n) is 5.21. The molecule has 0 spiro atoms. The largest absolute Gasteiger partial charge is 0.367 e. The van der Waals surface area contributed by atoms with Gasteiger partial charge in [-0.25, -0.2) is 4.98 Å². The molecular formula is C13H15N7. The number of hydrogen-bond acceptors (Lipinski definition) is 5. The number of aromatic amines is 1. The van der Waals surface area contributed by atoms with Crippen LogP contribution in [0.25, 0.3) is 5.78 Å². The molecule has 1 atom stereocenters. The van der Waals surface area contributed by atoms with Crippen LogP contribution in [0, 0.1) is 6.92 Å². The van der Waals surface area contributed by atoms with Gasteiger partial charge in [0.1, 0.15) is 12.1 Å². The third-order valence-electron chi connectivity index (χ3n) is 3.75. The van der Waals surface area contributed by atoms with Gasteiger partial charge in [-0.2, -0.15) is 19.7 Å². The minimum absolute atomic E-state index is 0.384. The molecule has 1 aliphatic carbocycles. The van der Waals surface area contributed by atoms with Gasteiger partial charge in [0.15, 0.2) is 0 Å². The average molecular weight is 269 g/mol. The number of hydrogen-bond donors (Lipinski definition) is 2. The highest BCUT2D eigenvalue weighted by molar-refractivity contribution is 5.46. The molecule has 3 aromatic heterocycles. The third-order valence-corrected chi connectivity index (χ3v) is 3.75. The fourth-order valence-corrected chi connectivity index (χ4v) is 2.78. The van der Waals surface area contributed by atoms with Crippen molar-refractivity contribution in [2.45, 2.75) is 32.2 Å². The number of nitrogens with zero attached hydrogens (tertiary/aromatic N) is 5. The topological polar surface area (TPSA) is 83.8 Å². The summed E-state index contributed by atoms with van der Waals surface area (Å²) in [5.74, 6) is 1.58. The monoisotopic (exact) mass is 269 g/mol. The second kappa shape index (κ2) is 4.29. The number of anilines is 1. The van der Waals surface area contributed by atoms with E-state index in [0.717, 1.165) is 30.8 Å². The first-order valence-electron chi connectivity index (χ1n) is 6.74. The first-order chi connectivity index (χ1) is 9.79. The lowest BCUT2D eigenvalue weighted by atomic mass is 9.93. The van der Waals surface area contributed by atoms with Crippen LogP contribution >= 0.6 is 0 Å². The molecular weight excluding hydrogens is 254 g/mol. The summed E-state index contributed by atoms with van der Waals surface area (Å²) in [5, 5.41) is 15.0. The van der Waals surface area contributed by atoms with Crippen molar-refractivity contribution in [3.8, 4) is 0 Å². The molecule has 0 bridgehead atoms. The van der Waals surface area contributed by atoms with Gasteiger partial charge in [-0.1, -0.05) is 0 Å². The molecule has 7 nitrogen and oxygen atoms in total. The zero-order valence-electron chi connectivity index (χ0n) is 11.2. The predicted octanol–water partition coefficient (Wildman–Crippen LogP) is 1.13. The Morgan fingerprint density at radius 1 is 1.45 bits per heavy atom. The molecule has 1 aliphatic rings. The van der Waals surface area contributed by atoms with Crippen molar-refractivity contribution in [2.75, 3.05) is 5.32 Å². The summed E-state index contributed by atoms with van der Waals surface area (Å²) in [5.41, 5.74) is 3.50. The molecule has 7 heteroatoms. The van der Waals surface area contributed by atoms with Gasteiger partial charge in [0, 0.05) is 23.5 Å². The van der Waals surface area contributed by atoms with Crippen LogP contribution in [0.2, 0.25) is 0 Å². The van der Waals surface area contributed by atoms with E-state index in [0.29, 0.717) is 11.8 Å². The van der Waals surface area contributed by atoms with Crippen LogP contribution in [0.4, 0.5) is 5.82 Å². The van der Waals surface area contributed by atoms with Gasteiger partial charge in [0.05, 0.1) is 6.20 Å². The van der Waals surface area contributed by atoms with E-state index in [1.807, 2.05) is 19.2 Å². The lowest BCUT2D eigenvalue weighted by Crippen LogP contribution is -2.28. The molecule has 0 saturated heterocycles. The summed E-state index contributed by atoms with van der Waals surface area (Å²) in [6.45, 7) is 1.97. The van der Waals surface area contributed by atoms with E-state index in [-0.39, 0.29) is 0 Å². The lowest BCUT2D eigenvalue weighted by molar-refractivity contribution is 0.599. The molecule has 0 fully saturated rings. The highest BCUT2D eigenvalue weighted by atomic mass is 15.4. The number of H-pyrrole nitrogens is 1. The Kier molecular flexibility index (Phi) is 2.45. The lowest BCUT2D eigenvalue weighted by Gasteiger charge is -2.24. The van der Waals surface area contributed by atoms with E-state index in [2.05, 4.69) is 30.6 Å². The molecule has 0 aromatic carbocycles. The number of rotatable bonds is 2. The number of aryl methyl sites for hydroxylation is 2. The maximum absolute atomic E-state index is 4.35. The van der Waals surface area contributed by atoms with Crippen LogP contribution in [0.15, 0.2) is 18.6 Å². The van der Waals surface area contributed by atoms with Gasteiger partial charge in [0.2, 0.25) is 0 Å². The maximum Gasteiger partial charge on any atom is 0.254 e. The zero-order chi connectivity index (χ0) is 13.5. The van der Waals surface area contributed by atoms with Crippen molar-refractivity contribution in [3.63, 3.8) is 0 Å². The van der Waals surface area contributed by atoms with Crippen molar-refractivity contribution in [2.24, 2.45) is 0 Å². The van der Waals surface area contributed by atoms with Gasteiger partial charge in [-0.05, 0) is 31.7 Å². The zero-order valence-corrected chi connectivity index (χ0v) is 11.2. The smallest absolute Gasteiger partial charge is 0.254 e. The summed E-state index contributed by atoms with van der Waals surface area (Å²) in [6.07, 6.45) is 6.53. The van der Waals surface area contributed by atoms with Crippen LogP contribution in [-0.2, 0) is 12.8 Å².